The van der Waals surface area contributed by atoms with Crippen molar-refractivity contribution in [2.24, 2.45) is 0 Å². The summed E-state index contributed by atoms with van der Waals surface area (Å²) in [6.07, 6.45) is 0.846. The van der Waals surface area contributed by atoms with E-state index < -0.39 is 12.1 Å². The van der Waals surface area contributed by atoms with E-state index in [2.05, 4.69) is 5.32 Å². The third kappa shape index (κ3) is 6.07. The molecule has 0 unspecified atom stereocenters. The molecule has 0 aliphatic carbocycles. The second-order valence-electron chi connectivity index (χ2n) is 6.89. The van der Waals surface area contributed by atoms with Gasteiger partial charge in [-0.25, -0.2) is 4.79 Å². The van der Waals surface area contributed by atoms with Crippen molar-refractivity contribution >= 4 is 18.0 Å². The first-order valence-corrected chi connectivity index (χ1v) is 9.56. The molecule has 2 aromatic rings. The molecule has 7 heteroatoms. The number of likely N-dealkylation sites (tertiary alicyclic amines) is 1. The van der Waals surface area contributed by atoms with Crippen molar-refractivity contribution < 1.29 is 23.9 Å². The summed E-state index contributed by atoms with van der Waals surface area (Å²) in [6.45, 7) is 2.60. The Hall–Kier alpha value is -3.35. The van der Waals surface area contributed by atoms with Crippen LogP contribution in [0.1, 0.15) is 35.7 Å². The average Bonchev–Trinajstić information content (AvgIpc) is 2.73. The van der Waals surface area contributed by atoms with Gasteiger partial charge in [0.05, 0.1) is 0 Å². The van der Waals surface area contributed by atoms with Crippen LogP contribution >= 0.6 is 0 Å². The van der Waals surface area contributed by atoms with Gasteiger partial charge >= 0.3 is 12.1 Å². The lowest BCUT2D eigenvalue weighted by Crippen LogP contribution is -2.46. The third-order valence-electron chi connectivity index (χ3n) is 4.66. The number of carbonyl (C=O) groups excluding carboxylic acids is 3. The van der Waals surface area contributed by atoms with Gasteiger partial charge in [0.2, 0.25) is 0 Å². The maximum Gasteiger partial charge on any atom is 0.407 e. The number of hydrogen-bond donors (Lipinski definition) is 1. The Morgan fingerprint density at radius 3 is 2.45 bits per heavy atom. The summed E-state index contributed by atoms with van der Waals surface area (Å²) in [4.78, 5) is 37.5. The zero-order valence-corrected chi connectivity index (χ0v) is 16.3. The van der Waals surface area contributed by atoms with Crippen molar-refractivity contribution in [3.05, 3.63) is 65.7 Å². The van der Waals surface area contributed by atoms with Crippen LogP contribution in [0, 0.1) is 0 Å². The maximum atomic E-state index is 12.7. The van der Waals surface area contributed by atoms with Crippen LogP contribution in [0.4, 0.5) is 4.79 Å². The Morgan fingerprint density at radius 2 is 1.76 bits per heavy atom. The zero-order valence-electron chi connectivity index (χ0n) is 16.3. The smallest absolute Gasteiger partial charge is 0.407 e. The monoisotopic (exact) mass is 396 g/mol. The van der Waals surface area contributed by atoms with Crippen molar-refractivity contribution in [1.29, 1.82) is 0 Å². The van der Waals surface area contributed by atoms with E-state index in [1.165, 1.54) is 6.92 Å². The summed E-state index contributed by atoms with van der Waals surface area (Å²) in [5, 5.41) is 2.86. The Balaban J connectivity index is 1.45. The molecule has 0 atom stereocenters. The van der Waals surface area contributed by atoms with Gasteiger partial charge in [-0.05, 0) is 36.6 Å². The highest BCUT2D eigenvalue weighted by Crippen LogP contribution is 2.18. The molecule has 7 nitrogen and oxygen atoms in total. The van der Waals surface area contributed by atoms with E-state index in [1.54, 1.807) is 29.2 Å². The predicted octanol–water partition coefficient (Wildman–Crippen LogP) is 3.14. The molecular formula is C22H24N2O5. The zero-order chi connectivity index (χ0) is 20.6. The van der Waals surface area contributed by atoms with Gasteiger partial charge in [0.1, 0.15) is 12.4 Å². The van der Waals surface area contributed by atoms with E-state index in [0.717, 1.165) is 5.56 Å². The highest BCUT2D eigenvalue weighted by molar-refractivity contribution is 5.94. The fraction of sp³-hybridized carbons (Fsp3) is 0.318. The molecule has 0 radical (unpaired) electrons. The second kappa shape index (κ2) is 9.73. The molecule has 0 saturated carbocycles. The van der Waals surface area contributed by atoms with E-state index in [9.17, 15) is 14.4 Å². The fourth-order valence-electron chi connectivity index (χ4n) is 3.20. The highest BCUT2D eigenvalue weighted by Gasteiger charge is 2.25. The number of esters is 1. The Labute approximate surface area is 169 Å². The van der Waals surface area contributed by atoms with Crippen LogP contribution in [0.2, 0.25) is 0 Å². The molecule has 152 valence electrons. The number of nitrogens with zero attached hydrogens (tertiary/aromatic N) is 1. The molecule has 2 aromatic carbocycles. The van der Waals surface area contributed by atoms with E-state index in [0.29, 0.717) is 37.2 Å². The van der Waals surface area contributed by atoms with Crippen LogP contribution in [0.3, 0.4) is 0 Å². The molecule has 29 heavy (non-hydrogen) atoms. The molecule has 1 aliphatic heterocycles. The van der Waals surface area contributed by atoms with Crippen molar-refractivity contribution in [2.75, 3.05) is 13.1 Å². The molecule has 1 heterocycles. The third-order valence-corrected chi connectivity index (χ3v) is 4.66. The Kier molecular flexibility index (Phi) is 6.84. The van der Waals surface area contributed by atoms with Crippen LogP contribution in [-0.2, 0) is 16.1 Å². The van der Waals surface area contributed by atoms with Crippen molar-refractivity contribution in [1.82, 2.24) is 10.2 Å². The summed E-state index contributed by atoms with van der Waals surface area (Å²) in [5.41, 5.74) is 1.40. The lowest BCUT2D eigenvalue weighted by molar-refractivity contribution is -0.131. The molecule has 2 amide bonds. The van der Waals surface area contributed by atoms with Gasteiger partial charge in [0.25, 0.3) is 5.91 Å². The van der Waals surface area contributed by atoms with Gasteiger partial charge in [-0.15, -0.1) is 0 Å². The number of amides is 2. The number of rotatable bonds is 5. The maximum absolute atomic E-state index is 12.7. The number of hydrogen-bond acceptors (Lipinski definition) is 5. The molecule has 0 aromatic heterocycles. The second-order valence-corrected chi connectivity index (χ2v) is 6.89. The topological polar surface area (TPSA) is 84.9 Å². The lowest BCUT2D eigenvalue weighted by atomic mass is 10.0. The summed E-state index contributed by atoms with van der Waals surface area (Å²) in [7, 11) is 0. The van der Waals surface area contributed by atoms with E-state index in [4.69, 9.17) is 9.47 Å². The van der Waals surface area contributed by atoms with Crippen molar-refractivity contribution in [3.63, 3.8) is 0 Å². The van der Waals surface area contributed by atoms with Gasteiger partial charge in [0, 0.05) is 31.6 Å². The summed E-state index contributed by atoms with van der Waals surface area (Å²) in [6, 6.07) is 16.0. The SMILES string of the molecule is CC(=O)Oc1cccc(C(=O)N2CCC(NC(=O)OCc3ccccc3)CC2)c1. The minimum atomic E-state index is -0.451. The van der Waals surface area contributed by atoms with Crippen LogP contribution in [0.25, 0.3) is 0 Å². The predicted molar refractivity (Wildman–Crippen MR) is 106 cm³/mol. The average molecular weight is 396 g/mol. The van der Waals surface area contributed by atoms with Crippen LogP contribution < -0.4 is 10.1 Å². The number of ether oxygens (including phenoxy) is 2. The van der Waals surface area contributed by atoms with E-state index in [1.807, 2.05) is 30.3 Å². The standard InChI is InChI=1S/C22H24N2O5/c1-16(25)29-20-9-5-8-18(14-20)21(26)24-12-10-19(11-13-24)23-22(27)28-15-17-6-3-2-4-7-17/h2-9,14,19H,10-13,15H2,1H3,(H,23,27). The van der Waals surface area contributed by atoms with Crippen molar-refractivity contribution in [2.45, 2.75) is 32.4 Å². The van der Waals surface area contributed by atoms with Gasteiger partial charge in [-0.3, -0.25) is 9.59 Å². The van der Waals surface area contributed by atoms with Crippen molar-refractivity contribution in [3.8, 4) is 5.75 Å². The van der Waals surface area contributed by atoms with Gasteiger partial charge < -0.3 is 19.7 Å². The number of nitrogens with one attached hydrogen (secondary N) is 1. The first-order chi connectivity index (χ1) is 14.0. The Bertz CT molecular complexity index is 861. The first kappa shape index (κ1) is 20.4. The number of alkyl carbamates (subject to hydrolysis) is 1. The molecule has 1 aliphatic rings. The van der Waals surface area contributed by atoms with Crippen LogP contribution in [-0.4, -0.2) is 42.0 Å². The van der Waals surface area contributed by atoms with E-state index in [-0.39, 0.29) is 18.6 Å². The van der Waals surface area contributed by atoms with Gasteiger partial charge in [-0.1, -0.05) is 36.4 Å². The summed E-state index contributed by atoms with van der Waals surface area (Å²) < 4.78 is 10.3. The number of carbonyl (C=O) groups is 3. The number of piperidine rings is 1. The van der Waals surface area contributed by atoms with E-state index >= 15 is 0 Å². The molecule has 3 rings (SSSR count). The fourth-order valence-corrected chi connectivity index (χ4v) is 3.20. The largest absolute Gasteiger partial charge is 0.445 e. The molecular weight excluding hydrogens is 372 g/mol. The van der Waals surface area contributed by atoms with Crippen LogP contribution in [0.15, 0.2) is 54.6 Å². The van der Waals surface area contributed by atoms with Gasteiger partial charge in [-0.2, -0.15) is 0 Å². The lowest BCUT2D eigenvalue weighted by Gasteiger charge is -2.32. The normalized spacial score (nSPS) is 14.2. The molecule has 0 bridgehead atoms. The Morgan fingerprint density at radius 1 is 1.03 bits per heavy atom. The van der Waals surface area contributed by atoms with Gasteiger partial charge in [0.15, 0.2) is 0 Å². The molecule has 1 N–H and O–H groups in total. The minimum absolute atomic E-state index is 0.0327. The highest BCUT2D eigenvalue weighted by atomic mass is 16.5. The quantitative estimate of drug-likeness (QED) is 0.620. The first-order valence-electron chi connectivity index (χ1n) is 9.56. The van der Waals surface area contributed by atoms with Crippen LogP contribution in [0.5, 0.6) is 5.75 Å². The molecule has 1 fully saturated rings. The molecule has 1 saturated heterocycles. The number of benzene rings is 2. The summed E-state index contributed by atoms with van der Waals surface area (Å²) in [5.74, 6) is -0.203. The minimum Gasteiger partial charge on any atom is -0.445 e. The molecule has 0 spiro atoms. The summed E-state index contributed by atoms with van der Waals surface area (Å²) >= 11 is 0.